The molecule has 0 bridgehead atoms. The fourth-order valence-electron chi connectivity index (χ4n) is 1.88. The summed E-state index contributed by atoms with van der Waals surface area (Å²) < 4.78 is 28.4. The molecule has 17 heavy (non-hydrogen) atoms. The number of nitrogens with zero attached hydrogens (tertiary/aromatic N) is 1. The van der Waals surface area contributed by atoms with Gasteiger partial charge in [0.25, 0.3) is 0 Å². The minimum Gasteiger partial charge on any atom is -0.333 e. The normalized spacial score (nSPS) is 10.6. The molecular weight excluding hydrogens is 220 g/mol. The summed E-state index contributed by atoms with van der Waals surface area (Å²) in [6, 6.07) is 5.93. The van der Waals surface area contributed by atoms with Crippen molar-refractivity contribution < 1.29 is 13.3 Å². The van der Waals surface area contributed by atoms with Gasteiger partial charge in [-0.15, -0.1) is 0 Å². The van der Waals surface area contributed by atoms with Gasteiger partial charge in [0.15, 0.2) is 0 Å². The lowest BCUT2D eigenvalue weighted by molar-refractivity contribution is -0.600. The van der Waals surface area contributed by atoms with E-state index in [1.54, 1.807) is 17.7 Å². The van der Waals surface area contributed by atoms with Crippen LogP contribution in [0.3, 0.4) is 0 Å². The van der Waals surface area contributed by atoms with Crippen molar-refractivity contribution in [3.05, 3.63) is 60.3 Å². The Hall–Kier alpha value is -1.90. The predicted octanol–water partition coefficient (Wildman–Crippen LogP) is 3.18. The number of rotatable bonds is 1. The van der Waals surface area contributed by atoms with Crippen LogP contribution < -0.4 is 4.57 Å². The van der Waals surface area contributed by atoms with Gasteiger partial charge in [0.2, 0.25) is 0 Å². The summed E-state index contributed by atoms with van der Waals surface area (Å²) in [7, 11) is 3.80. The molecule has 2 aromatic rings. The second-order valence-corrected chi connectivity index (χ2v) is 4.14. The minimum atomic E-state index is -0.564. The topological polar surface area (TPSA) is 3.88 Å². The Balaban J connectivity index is 2.72. The van der Waals surface area contributed by atoms with Crippen LogP contribution in [0.4, 0.5) is 8.78 Å². The maximum Gasteiger partial charge on any atom is 0.127 e. The number of halogens is 2. The maximum atomic E-state index is 13.8. The number of aryl methyl sites for hydroxylation is 2. The molecule has 0 atom stereocenters. The van der Waals surface area contributed by atoms with E-state index in [1.165, 1.54) is 6.07 Å². The van der Waals surface area contributed by atoms with Crippen LogP contribution in [0.5, 0.6) is 0 Å². The van der Waals surface area contributed by atoms with Crippen LogP contribution in [0, 0.1) is 32.5 Å². The highest BCUT2D eigenvalue weighted by atomic mass is 19.1. The Bertz CT molecular complexity index is 553. The standard InChI is InChI=1S/C14H13F2N/c1-9-4-5-17(3)13(6-9)14-10(2)7-11(15)8-12(14)16/h4-8H,3H2,1-2H3. The van der Waals surface area contributed by atoms with Gasteiger partial charge < -0.3 is 4.57 Å². The van der Waals surface area contributed by atoms with Crippen LogP contribution in [0.15, 0.2) is 30.5 Å². The largest absolute Gasteiger partial charge is 0.333 e. The summed E-state index contributed by atoms with van der Waals surface area (Å²) in [6.45, 7) is 3.60. The summed E-state index contributed by atoms with van der Waals surface area (Å²) in [5, 5.41) is 0. The summed E-state index contributed by atoms with van der Waals surface area (Å²) in [6.07, 6.45) is 1.76. The SMILES string of the molecule is [CH2-][n+]1ccc(C)cc1-c1c(C)cc(F)cc1F. The first-order valence-electron chi connectivity index (χ1n) is 5.28. The maximum absolute atomic E-state index is 13.8. The summed E-state index contributed by atoms with van der Waals surface area (Å²) in [5.74, 6) is -1.13. The van der Waals surface area contributed by atoms with Crippen LogP contribution in [0.25, 0.3) is 11.3 Å². The molecule has 0 fully saturated rings. The first-order chi connectivity index (χ1) is 7.99. The highest BCUT2D eigenvalue weighted by Crippen LogP contribution is 2.25. The molecule has 0 aliphatic heterocycles. The Morgan fingerprint density at radius 1 is 1.12 bits per heavy atom. The predicted molar refractivity (Wildman–Crippen MR) is 62.2 cm³/mol. The van der Waals surface area contributed by atoms with Crippen LogP contribution >= 0.6 is 0 Å². The average Bonchev–Trinajstić information content (AvgIpc) is 2.21. The van der Waals surface area contributed by atoms with Gasteiger partial charge in [-0.2, -0.15) is 0 Å². The molecule has 0 N–H and O–H groups in total. The quantitative estimate of drug-likeness (QED) is 0.526. The Morgan fingerprint density at radius 3 is 2.47 bits per heavy atom. The fraction of sp³-hybridized carbons (Fsp3) is 0.143. The third-order valence-electron chi connectivity index (χ3n) is 2.70. The third kappa shape index (κ3) is 2.13. The Morgan fingerprint density at radius 2 is 1.82 bits per heavy atom. The smallest absolute Gasteiger partial charge is 0.127 e. The zero-order valence-electron chi connectivity index (χ0n) is 9.80. The van der Waals surface area contributed by atoms with Crippen LogP contribution in [-0.4, -0.2) is 0 Å². The van der Waals surface area contributed by atoms with E-state index in [9.17, 15) is 8.78 Å². The second kappa shape index (κ2) is 4.17. The second-order valence-electron chi connectivity index (χ2n) is 4.14. The molecule has 1 heterocycles. The molecule has 88 valence electrons. The summed E-state index contributed by atoms with van der Waals surface area (Å²) in [4.78, 5) is 0. The van der Waals surface area contributed by atoms with Gasteiger partial charge in [0, 0.05) is 18.7 Å². The molecule has 0 aliphatic rings. The minimum absolute atomic E-state index is 0.394. The molecule has 1 aromatic carbocycles. The molecule has 3 heteroatoms. The molecule has 0 amide bonds. The van der Waals surface area contributed by atoms with E-state index >= 15 is 0 Å². The van der Waals surface area contributed by atoms with Gasteiger partial charge in [-0.1, -0.05) is 11.6 Å². The molecule has 0 unspecified atom stereocenters. The van der Waals surface area contributed by atoms with Gasteiger partial charge in [0.05, 0.1) is 6.20 Å². The van der Waals surface area contributed by atoms with Crippen LogP contribution in [0.1, 0.15) is 11.1 Å². The number of pyridine rings is 1. The van der Waals surface area contributed by atoms with E-state index in [1.807, 2.05) is 19.1 Å². The van der Waals surface area contributed by atoms with Crippen molar-refractivity contribution in [1.29, 1.82) is 0 Å². The first-order valence-corrected chi connectivity index (χ1v) is 5.28. The number of hydrogen-bond donors (Lipinski definition) is 0. The highest BCUT2D eigenvalue weighted by molar-refractivity contribution is 5.62. The van der Waals surface area contributed by atoms with Crippen molar-refractivity contribution in [2.24, 2.45) is 0 Å². The molecule has 0 saturated heterocycles. The fourth-order valence-corrected chi connectivity index (χ4v) is 1.88. The molecule has 1 nitrogen and oxygen atoms in total. The Labute approximate surface area is 99.3 Å². The molecule has 0 radical (unpaired) electrons. The molecule has 0 aliphatic carbocycles. The van der Waals surface area contributed by atoms with Crippen LogP contribution in [-0.2, 0) is 0 Å². The first kappa shape index (κ1) is 11.6. The molecular formula is C14H13F2N. The summed E-state index contributed by atoms with van der Waals surface area (Å²) in [5.41, 5.74) is 2.60. The number of benzene rings is 1. The zero-order chi connectivity index (χ0) is 12.6. The van der Waals surface area contributed by atoms with E-state index in [0.717, 1.165) is 11.6 Å². The van der Waals surface area contributed by atoms with E-state index in [2.05, 4.69) is 7.05 Å². The van der Waals surface area contributed by atoms with Crippen molar-refractivity contribution in [2.45, 2.75) is 13.8 Å². The van der Waals surface area contributed by atoms with E-state index in [4.69, 9.17) is 0 Å². The number of hydrogen-bond acceptors (Lipinski definition) is 0. The molecule has 1 aromatic heterocycles. The monoisotopic (exact) mass is 233 g/mol. The van der Waals surface area contributed by atoms with Crippen LogP contribution in [0.2, 0.25) is 0 Å². The Kier molecular flexibility index (Phi) is 2.84. The number of aromatic nitrogens is 1. The van der Waals surface area contributed by atoms with Gasteiger partial charge in [-0.3, -0.25) is 0 Å². The van der Waals surface area contributed by atoms with Crippen molar-refractivity contribution in [3.8, 4) is 11.3 Å². The zero-order valence-corrected chi connectivity index (χ0v) is 9.80. The van der Waals surface area contributed by atoms with Crippen molar-refractivity contribution in [2.75, 3.05) is 0 Å². The summed E-state index contributed by atoms with van der Waals surface area (Å²) >= 11 is 0. The third-order valence-corrected chi connectivity index (χ3v) is 2.70. The van der Waals surface area contributed by atoms with Crippen molar-refractivity contribution in [1.82, 2.24) is 0 Å². The molecule has 0 spiro atoms. The lowest BCUT2D eigenvalue weighted by Crippen LogP contribution is -2.28. The van der Waals surface area contributed by atoms with E-state index < -0.39 is 11.6 Å². The molecule has 0 saturated carbocycles. The van der Waals surface area contributed by atoms with E-state index in [0.29, 0.717) is 16.8 Å². The highest BCUT2D eigenvalue weighted by Gasteiger charge is 2.13. The van der Waals surface area contributed by atoms with E-state index in [-0.39, 0.29) is 0 Å². The van der Waals surface area contributed by atoms with Gasteiger partial charge in [-0.05, 0) is 31.5 Å². The van der Waals surface area contributed by atoms with Gasteiger partial charge in [0.1, 0.15) is 17.3 Å². The van der Waals surface area contributed by atoms with Crippen molar-refractivity contribution >= 4 is 0 Å². The van der Waals surface area contributed by atoms with Gasteiger partial charge in [-0.25, -0.2) is 8.78 Å². The molecule has 2 rings (SSSR count). The average molecular weight is 233 g/mol. The lowest BCUT2D eigenvalue weighted by atomic mass is 10.0. The van der Waals surface area contributed by atoms with Gasteiger partial charge >= 0.3 is 0 Å². The van der Waals surface area contributed by atoms with Crippen molar-refractivity contribution in [3.63, 3.8) is 0 Å². The lowest BCUT2D eigenvalue weighted by Gasteiger charge is -2.12.